The van der Waals surface area contributed by atoms with Crippen LogP contribution in [0.4, 0.5) is 8.78 Å². The van der Waals surface area contributed by atoms with Crippen molar-refractivity contribution in [3.05, 3.63) is 114 Å². The molecule has 0 radical (unpaired) electrons. The van der Waals surface area contributed by atoms with Gasteiger partial charge in [-0.1, -0.05) is 42.5 Å². The first kappa shape index (κ1) is 22.5. The van der Waals surface area contributed by atoms with E-state index >= 15 is 0 Å². The molecule has 35 heavy (non-hydrogen) atoms. The van der Waals surface area contributed by atoms with E-state index in [1.165, 1.54) is 24.3 Å². The number of carbonyl (C=O) groups excluding carboxylic acids is 1. The van der Waals surface area contributed by atoms with Crippen molar-refractivity contribution < 1.29 is 13.6 Å². The van der Waals surface area contributed by atoms with Crippen LogP contribution in [0.3, 0.4) is 0 Å². The number of hydrogen-bond donors (Lipinski definition) is 2. The fourth-order valence-electron chi connectivity index (χ4n) is 4.44. The number of aryl methyl sites for hydroxylation is 2. The molecule has 2 heterocycles. The molecule has 2 aromatic heterocycles. The number of H-pyrrole nitrogens is 1. The summed E-state index contributed by atoms with van der Waals surface area (Å²) in [5, 5.41) is 3.76. The van der Waals surface area contributed by atoms with E-state index in [9.17, 15) is 13.6 Å². The highest BCUT2D eigenvalue weighted by Gasteiger charge is 2.22. The number of aromatic amines is 1. The number of fused-ring (bicyclic) bond motifs is 1. The number of imidazole rings is 1. The van der Waals surface area contributed by atoms with E-state index in [-0.39, 0.29) is 24.0 Å². The van der Waals surface area contributed by atoms with Crippen molar-refractivity contribution in [1.82, 2.24) is 19.9 Å². The summed E-state index contributed by atoms with van der Waals surface area (Å²) in [6, 6.07) is 19.9. The molecule has 1 amide bonds. The molecule has 0 spiro atoms. The molecule has 0 aliphatic heterocycles. The fraction of sp³-hybridized carbons (Fsp3) is 0.143. The molecule has 5 rings (SSSR count). The number of benzene rings is 3. The molecule has 1 unspecified atom stereocenters. The average Bonchev–Trinajstić information content (AvgIpc) is 3.44. The average molecular weight is 471 g/mol. The van der Waals surface area contributed by atoms with Crippen LogP contribution < -0.4 is 5.32 Å². The minimum Gasteiger partial charge on any atom is -0.354 e. The molecule has 2 N–H and O–H groups in total. The van der Waals surface area contributed by atoms with Crippen LogP contribution in [0.25, 0.3) is 22.2 Å². The predicted molar refractivity (Wildman–Crippen MR) is 132 cm³/mol. The fourth-order valence-corrected chi connectivity index (χ4v) is 4.44. The summed E-state index contributed by atoms with van der Waals surface area (Å²) >= 11 is 0. The highest BCUT2D eigenvalue weighted by molar-refractivity contribution is 5.91. The van der Waals surface area contributed by atoms with Gasteiger partial charge in [-0.15, -0.1) is 0 Å². The maximum absolute atomic E-state index is 14.1. The van der Waals surface area contributed by atoms with Crippen LogP contribution in [0.2, 0.25) is 0 Å². The van der Waals surface area contributed by atoms with Gasteiger partial charge in [-0.05, 0) is 53.4 Å². The SMILES string of the molecule is Cn1ccnc1C(NC(=O)CCc1c(-c2ccccc2)[nH]c2ccc(F)cc12)c1cccc(F)c1. The first-order chi connectivity index (χ1) is 17.0. The Morgan fingerprint density at radius 1 is 1.03 bits per heavy atom. The normalized spacial score (nSPS) is 12.1. The smallest absolute Gasteiger partial charge is 0.221 e. The first-order valence-electron chi connectivity index (χ1n) is 11.4. The zero-order valence-corrected chi connectivity index (χ0v) is 19.1. The van der Waals surface area contributed by atoms with Gasteiger partial charge in [0.05, 0.1) is 0 Å². The van der Waals surface area contributed by atoms with Gasteiger partial charge in [-0.3, -0.25) is 4.79 Å². The molecule has 0 bridgehead atoms. The Kier molecular flexibility index (Phi) is 6.14. The van der Waals surface area contributed by atoms with E-state index < -0.39 is 6.04 Å². The molecule has 7 heteroatoms. The molecule has 0 fully saturated rings. The molecule has 176 valence electrons. The van der Waals surface area contributed by atoms with E-state index in [1.54, 1.807) is 35.2 Å². The molecular weight excluding hydrogens is 446 g/mol. The molecule has 0 saturated carbocycles. The van der Waals surface area contributed by atoms with Gasteiger partial charge >= 0.3 is 0 Å². The number of nitrogens with zero attached hydrogens (tertiary/aromatic N) is 2. The van der Waals surface area contributed by atoms with Crippen LogP contribution in [0, 0.1) is 11.6 Å². The van der Waals surface area contributed by atoms with Gasteiger partial charge in [-0.25, -0.2) is 13.8 Å². The Morgan fingerprint density at radius 2 is 1.83 bits per heavy atom. The van der Waals surface area contributed by atoms with Crippen LogP contribution in [-0.2, 0) is 18.3 Å². The number of rotatable bonds is 7. The number of amides is 1. The predicted octanol–water partition coefficient (Wildman–Crippen LogP) is 5.69. The third-order valence-corrected chi connectivity index (χ3v) is 6.14. The van der Waals surface area contributed by atoms with Crippen LogP contribution in [0.1, 0.15) is 29.4 Å². The van der Waals surface area contributed by atoms with E-state index in [0.717, 1.165) is 27.7 Å². The largest absolute Gasteiger partial charge is 0.354 e. The molecule has 0 saturated heterocycles. The van der Waals surface area contributed by atoms with Crippen molar-refractivity contribution in [3.8, 4) is 11.3 Å². The summed E-state index contributed by atoms with van der Waals surface area (Å²) in [5.41, 5.74) is 4.12. The minimum atomic E-state index is -0.604. The number of halogens is 2. The molecular formula is C28H24F2N4O. The van der Waals surface area contributed by atoms with Gasteiger partial charge in [0, 0.05) is 42.5 Å². The second kappa shape index (κ2) is 9.54. The monoisotopic (exact) mass is 470 g/mol. The lowest BCUT2D eigenvalue weighted by molar-refractivity contribution is -0.121. The molecule has 5 nitrogen and oxygen atoms in total. The Morgan fingerprint density at radius 3 is 2.57 bits per heavy atom. The second-order valence-corrected chi connectivity index (χ2v) is 8.49. The summed E-state index contributed by atoms with van der Waals surface area (Å²) in [6.45, 7) is 0. The van der Waals surface area contributed by atoms with Gasteiger partial charge < -0.3 is 14.9 Å². The van der Waals surface area contributed by atoms with Crippen molar-refractivity contribution in [2.75, 3.05) is 0 Å². The molecule has 3 aromatic carbocycles. The number of carbonyl (C=O) groups is 1. The van der Waals surface area contributed by atoms with E-state index in [4.69, 9.17) is 0 Å². The lowest BCUT2D eigenvalue weighted by Gasteiger charge is -2.19. The molecule has 5 aromatic rings. The standard InChI is InChI=1S/C28H24F2N4O/c1-34-15-14-31-28(34)27(19-8-5-9-20(29)16-19)33-25(35)13-11-22-23-17-21(30)10-12-24(23)32-26(22)18-6-3-2-4-7-18/h2-10,12,14-17,27,32H,11,13H2,1H3,(H,33,35). The Balaban J connectivity index is 1.43. The van der Waals surface area contributed by atoms with Crippen molar-refractivity contribution in [2.45, 2.75) is 18.9 Å². The lowest BCUT2D eigenvalue weighted by Crippen LogP contribution is -2.31. The maximum atomic E-state index is 14.1. The molecule has 1 atom stereocenters. The maximum Gasteiger partial charge on any atom is 0.221 e. The van der Waals surface area contributed by atoms with E-state index in [2.05, 4.69) is 15.3 Å². The topological polar surface area (TPSA) is 62.7 Å². The van der Waals surface area contributed by atoms with Crippen LogP contribution in [0.5, 0.6) is 0 Å². The molecule has 0 aliphatic rings. The van der Waals surface area contributed by atoms with Gasteiger partial charge in [0.1, 0.15) is 23.5 Å². The highest BCUT2D eigenvalue weighted by atomic mass is 19.1. The number of nitrogens with one attached hydrogen (secondary N) is 2. The van der Waals surface area contributed by atoms with Crippen molar-refractivity contribution in [2.24, 2.45) is 7.05 Å². The van der Waals surface area contributed by atoms with Crippen molar-refractivity contribution >= 4 is 16.8 Å². The van der Waals surface area contributed by atoms with Gasteiger partial charge in [0.15, 0.2) is 0 Å². The van der Waals surface area contributed by atoms with Crippen molar-refractivity contribution in [3.63, 3.8) is 0 Å². The first-order valence-corrected chi connectivity index (χ1v) is 11.4. The highest BCUT2D eigenvalue weighted by Crippen LogP contribution is 2.32. The van der Waals surface area contributed by atoms with Gasteiger partial charge in [-0.2, -0.15) is 0 Å². The quantitative estimate of drug-likeness (QED) is 0.321. The third kappa shape index (κ3) is 4.71. The Hall–Kier alpha value is -4.26. The summed E-state index contributed by atoms with van der Waals surface area (Å²) in [4.78, 5) is 20.9. The molecule has 0 aliphatic carbocycles. The minimum absolute atomic E-state index is 0.166. The van der Waals surface area contributed by atoms with E-state index in [1.807, 2.05) is 37.4 Å². The van der Waals surface area contributed by atoms with Gasteiger partial charge in [0.25, 0.3) is 0 Å². The van der Waals surface area contributed by atoms with Crippen molar-refractivity contribution in [1.29, 1.82) is 0 Å². The summed E-state index contributed by atoms with van der Waals surface area (Å²) < 4.78 is 29.8. The lowest BCUT2D eigenvalue weighted by atomic mass is 10.0. The summed E-state index contributed by atoms with van der Waals surface area (Å²) in [7, 11) is 1.83. The summed E-state index contributed by atoms with van der Waals surface area (Å²) in [6.07, 6.45) is 3.98. The summed E-state index contributed by atoms with van der Waals surface area (Å²) in [5.74, 6) is -0.331. The number of aromatic nitrogens is 3. The van der Waals surface area contributed by atoms with Gasteiger partial charge in [0.2, 0.25) is 5.91 Å². The Labute approximate surface area is 201 Å². The van der Waals surface area contributed by atoms with Crippen LogP contribution >= 0.6 is 0 Å². The van der Waals surface area contributed by atoms with Crippen LogP contribution in [-0.4, -0.2) is 20.4 Å². The van der Waals surface area contributed by atoms with E-state index in [0.29, 0.717) is 17.8 Å². The second-order valence-electron chi connectivity index (χ2n) is 8.49. The zero-order chi connectivity index (χ0) is 24.4. The van der Waals surface area contributed by atoms with Crippen LogP contribution in [0.15, 0.2) is 85.2 Å². The Bertz CT molecular complexity index is 1490. The zero-order valence-electron chi connectivity index (χ0n) is 19.1. The number of hydrogen-bond acceptors (Lipinski definition) is 2. The third-order valence-electron chi connectivity index (χ3n) is 6.14.